The molecule has 148 valence electrons. The summed E-state index contributed by atoms with van der Waals surface area (Å²) in [4.78, 5) is 18.3. The second-order valence-electron chi connectivity index (χ2n) is 6.75. The summed E-state index contributed by atoms with van der Waals surface area (Å²) in [6.45, 7) is 8.66. The molecular formula is C16H28N4O4S2. The average molecular weight is 405 g/mol. The van der Waals surface area contributed by atoms with Crippen molar-refractivity contribution < 1.29 is 18.3 Å². The van der Waals surface area contributed by atoms with E-state index < -0.39 is 16.1 Å². The zero-order chi connectivity index (χ0) is 19.5. The molecule has 3 N–H and O–H groups in total. The van der Waals surface area contributed by atoms with Crippen LogP contribution in [0.25, 0.3) is 0 Å². The number of aliphatic hydroxyl groups is 1. The van der Waals surface area contributed by atoms with Gasteiger partial charge >= 0.3 is 0 Å². The number of nitrogens with zero attached hydrogens (tertiary/aromatic N) is 3. The minimum absolute atomic E-state index is 0.0787. The molecular weight excluding hydrogens is 376 g/mol. The Balaban J connectivity index is 1.82. The molecule has 2 heterocycles. The van der Waals surface area contributed by atoms with Gasteiger partial charge in [0.2, 0.25) is 15.9 Å². The molecule has 0 spiro atoms. The lowest BCUT2D eigenvalue weighted by atomic mass is 10.1. The molecule has 8 nitrogen and oxygen atoms in total. The minimum Gasteiger partial charge on any atom is -0.387 e. The van der Waals surface area contributed by atoms with E-state index in [1.807, 2.05) is 16.8 Å². The van der Waals surface area contributed by atoms with Gasteiger partial charge in [0, 0.05) is 57.6 Å². The summed E-state index contributed by atoms with van der Waals surface area (Å²) < 4.78 is 23.0. The lowest BCUT2D eigenvalue weighted by Crippen LogP contribution is -2.49. The van der Waals surface area contributed by atoms with Gasteiger partial charge in [0.25, 0.3) is 0 Å². The number of carbonyl (C=O) groups is 1. The van der Waals surface area contributed by atoms with Crippen molar-refractivity contribution >= 4 is 27.3 Å². The van der Waals surface area contributed by atoms with Gasteiger partial charge in [-0.15, -0.1) is 11.3 Å². The van der Waals surface area contributed by atoms with Crippen molar-refractivity contribution in [2.75, 3.05) is 52.9 Å². The number of carbonyl (C=O) groups excluding carboxylic acids is 1. The normalized spacial score (nSPS) is 17.7. The topological polar surface area (TPSA) is 107 Å². The third-order valence-corrected chi connectivity index (χ3v) is 7.16. The molecule has 0 bridgehead atoms. The van der Waals surface area contributed by atoms with Crippen molar-refractivity contribution in [3.63, 3.8) is 0 Å². The highest BCUT2D eigenvalue weighted by Gasteiger charge is 2.21. The molecule has 0 aromatic carbocycles. The smallest absolute Gasteiger partial charge is 0.247 e. The monoisotopic (exact) mass is 404 g/mol. The van der Waals surface area contributed by atoms with Crippen LogP contribution in [0.2, 0.25) is 0 Å². The molecule has 0 aliphatic carbocycles. The number of sulfonamides is 1. The largest absolute Gasteiger partial charge is 0.387 e. The van der Waals surface area contributed by atoms with Crippen LogP contribution in [-0.4, -0.2) is 87.0 Å². The first kappa shape index (κ1) is 21.3. The van der Waals surface area contributed by atoms with E-state index in [2.05, 4.69) is 4.90 Å². The van der Waals surface area contributed by atoms with Gasteiger partial charge in [-0.05, 0) is 25.6 Å². The van der Waals surface area contributed by atoms with Gasteiger partial charge in [0.05, 0.1) is 6.10 Å². The van der Waals surface area contributed by atoms with Crippen LogP contribution in [0.1, 0.15) is 23.5 Å². The van der Waals surface area contributed by atoms with Crippen molar-refractivity contribution in [2.45, 2.75) is 24.2 Å². The van der Waals surface area contributed by atoms with Crippen LogP contribution in [0.15, 0.2) is 10.3 Å². The number of hydrogen-bond donors (Lipinski definition) is 2. The fraction of sp³-hybridized carbons (Fsp3) is 0.688. The van der Waals surface area contributed by atoms with E-state index in [0.29, 0.717) is 12.1 Å². The van der Waals surface area contributed by atoms with E-state index >= 15 is 0 Å². The Kier molecular flexibility index (Phi) is 7.17. The summed E-state index contributed by atoms with van der Waals surface area (Å²) in [5.74, 6) is 0.120. The van der Waals surface area contributed by atoms with E-state index in [1.54, 1.807) is 13.8 Å². The Hall–Kier alpha value is -1.04. The Morgan fingerprint density at radius 1 is 1.38 bits per heavy atom. The summed E-state index contributed by atoms with van der Waals surface area (Å²) >= 11 is 1.08. The number of likely N-dealkylation sites (N-methyl/N-ethyl adjacent to an activating group) is 1. The number of hydrogen-bond acceptors (Lipinski definition) is 7. The molecule has 1 aromatic heterocycles. The fourth-order valence-electron chi connectivity index (χ4n) is 3.02. The lowest BCUT2D eigenvalue weighted by Gasteiger charge is -2.35. The Labute approximate surface area is 159 Å². The molecule has 10 heteroatoms. The molecule has 1 aromatic rings. The minimum atomic E-state index is -3.74. The first-order chi connectivity index (χ1) is 12.1. The van der Waals surface area contributed by atoms with Gasteiger partial charge in [-0.1, -0.05) is 0 Å². The summed E-state index contributed by atoms with van der Waals surface area (Å²) in [5.41, 5.74) is 0.612. The molecule has 1 unspecified atom stereocenters. The maximum atomic E-state index is 11.5. The highest BCUT2D eigenvalue weighted by Crippen LogP contribution is 2.29. The number of amides is 1. The zero-order valence-electron chi connectivity index (χ0n) is 15.5. The molecule has 1 amide bonds. The van der Waals surface area contributed by atoms with Crippen molar-refractivity contribution in [3.8, 4) is 0 Å². The van der Waals surface area contributed by atoms with Crippen molar-refractivity contribution in [3.05, 3.63) is 16.5 Å². The average Bonchev–Trinajstić information content (AvgIpc) is 2.95. The van der Waals surface area contributed by atoms with Gasteiger partial charge in [-0.2, -0.15) is 0 Å². The zero-order valence-corrected chi connectivity index (χ0v) is 17.1. The first-order valence-electron chi connectivity index (χ1n) is 8.55. The molecule has 26 heavy (non-hydrogen) atoms. The summed E-state index contributed by atoms with van der Waals surface area (Å²) in [6, 6.07) is 1.47. The highest BCUT2D eigenvalue weighted by molar-refractivity contribution is 7.91. The standard InChI is InChI=1S/C16H28N4O4S2/c1-12-14(10-16(25-12)26(17,23)24)15(22)11-18(3)4-5-19-6-8-20(9-7-19)13(2)21/h10,15,22H,4-9,11H2,1-3H3,(H2,17,23,24). The van der Waals surface area contributed by atoms with Crippen molar-refractivity contribution in [2.24, 2.45) is 5.14 Å². The maximum Gasteiger partial charge on any atom is 0.247 e. The second kappa shape index (κ2) is 8.77. The summed E-state index contributed by atoms with van der Waals surface area (Å²) in [6.07, 6.45) is -0.763. The molecule has 1 aliphatic heterocycles. The van der Waals surface area contributed by atoms with Gasteiger partial charge in [0.15, 0.2) is 0 Å². The molecule has 2 rings (SSSR count). The Morgan fingerprint density at radius 2 is 2.00 bits per heavy atom. The number of piperazine rings is 1. The predicted molar refractivity (Wildman–Crippen MR) is 102 cm³/mol. The SMILES string of the molecule is CC(=O)N1CCN(CCN(C)CC(O)c2cc(S(N)(=O)=O)sc2C)CC1. The summed E-state index contributed by atoms with van der Waals surface area (Å²) in [5, 5.41) is 15.6. The highest BCUT2D eigenvalue weighted by atomic mass is 32.2. The van der Waals surface area contributed by atoms with E-state index in [9.17, 15) is 18.3 Å². The Morgan fingerprint density at radius 3 is 2.50 bits per heavy atom. The molecule has 1 atom stereocenters. The number of thiophene rings is 1. The predicted octanol–water partition coefficient (Wildman–Crippen LogP) is -0.167. The molecule has 1 aliphatic rings. The van der Waals surface area contributed by atoms with E-state index in [1.165, 1.54) is 6.07 Å². The van der Waals surface area contributed by atoms with Crippen LogP contribution in [0, 0.1) is 6.92 Å². The fourth-order valence-corrected chi connectivity index (χ4v) is 4.95. The van der Waals surface area contributed by atoms with Crippen molar-refractivity contribution in [1.29, 1.82) is 0 Å². The summed E-state index contributed by atoms with van der Waals surface area (Å²) in [7, 11) is -1.81. The van der Waals surface area contributed by atoms with Gasteiger partial charge in [-0.25, -0.2) is 13.6 Å². The third-order valence-electron chi connectivity index (χ3n) is 4.67. The second-order valence-corrected chi connectivity index (χ2v) is 9.79. The van der Waals surface area contributed by atoms with Gasteiger partial charge in [-0.3, -0.25) is 9.69 Å². The Bertz CT molecular complexity index is 727. The van der Waals surface area contributed by atoms with E-state index in [4.69, 9.17) is 5.14 Å². The number of primary sulfonamides is 1. The molecule has 0 saturated carbocycles. The maximum absolute atomic E-state index is 11.5. The van der Waals surface area contributed by atoms with Crippen LogP contribution in [0.3, 0.4) is 0 Å². The van der Waals surface area contributed by atoms with Gasteiger partial charge < -0.3 is 14.9 Å². The lowest BCUT2D eigenvalue weighted by molar-refractivity contribution is -0.130. The van der Waals surface area contributed by atoms with Crippen LogP contribution in [0.5, 0.6) is 0 Å². The number of rotatable bonds is 7. The molecule has 1 saturated heterocycles. The van der Waals surface area contributed by atoms with Crippen LogP contribution in [-0.2, 0) is 14.8 Å². The first-order valence-corrected chi connectivity index (χ1v) is 10.9. The van der Waals surface area contributed by atoms with Crippen LogP contribution >= 0.6 is 11.3 Å². The van der Waals surface area contributed by atoms with Crippen LogP contribution in [0.4, 0.5) is 0 Å². The third kappa shape index (κ3) is 5.73. The molecule has 0 radical (unpaired) electrons. The van der Waals surface area contributed by atoms with E-state index in [0.717, 1.165) is 55.5 Å². The quantitative estimate of drug-likeness (QED) is 0.654. The van der Waals surface area contributed by atoms with Crippen molar-refractivity contribution in [1.82, 2.24) is 14.7 Å². The van der Waals surface area contributed by atoms with E-state index in [-0.39, 0.29) is 10.1 Å². The van der Waals surface area contributed by atoms with Gasteiger partial charge in [0.1, 0.15) is 4.21 Å². The molecule has 1 fully saturated rings. The van der Waals surface area contributed by atoms with Crippen LogP contribution < -0.4 is 5.14 Å². The number of nitrogens with two attached hydrogens (primary N) is 1. The number of aryl methyl sites for hydroxylation is 1. The number of aliphatic hydroxyl groups excluding tert-OH is 1.